The summed E-state index contributed by atoms with van der Waals surface area (Å²) in [5, 5.41) is 9.61. The smallest absolute Gasteiger partial charge is 0.119 e. The van der Waals surface area contributed by atoms with Gasteiger partial charge in [0.2, 0.25) is 0 Å². The molecule has 1 fully saturated rings. The normalized spacial score (nSPS) is 19.1. The maximum atomic E-state index is 9.61. The van der Waals surface area contributed by atoms with E-state index in [0.29, 0.717) is 26.2 Å². The van der Waals surface area contributed by atoms with E-state index in [-0.39, 0.29) is 0 Å². The highest BCUT2D eigenvalue weighted by Crippen LogP contribution is 2.23. The maximum absolute atomic E-state index is 9.61. The Hall–Kier alpha value is -1.57. The highest BCUT2D eigenvalue weighted by Gasteiger charge is 2.33. The summed E-state index contributed by atoms with van der Waals surface area (Å²) >= 11 is 0. The topological polar surface area (TPSA) is 45.5 Å². The summed E-state index contributed by atoms with van der Waals surface area (Å²) < 4.78 is 10.9. The molecule has 0 bridgehead atoms. The van der Waals surface area contributed by atoms with Crippen LogP contribution in [0, 0.1) is 11.3 Å². The number of hydrogen-bond acceptors (Lipinski definition) is 4. The molecule has 0 aliphatic carbocycles. The molecule has 1 heterocycles. The Labute approximate surface area is 120 Å². The Bertz CT molecular complexity index is 478. The molecule has 1 aliphatic rings. The summed E-state index contributed by atoms with van der Waals surface area (Å²) in [5.74, 6) is 0.868. The van der Waals surface area contributed by atoms with E-state index >= 15 is 0 Å². The number of benzene rings is 1. The van der Waals surface area contributed by atoms with Gasteiger partial charge in [-0.05, 0) is 31.5 Å². The molecular weight excluding hydrogens is 252 g/mol. The van der Waals surface area contributed by atoms with Gasteiger partial charge in [-0.25, -0.2) is 0 Å². The van der Waals surface area contributed by atoms with Gasteiger partial charge in [-0.1, -0.05) is 12.1 Å². The minimum absolute atomic E-state index is 0.491. The van der Waals surface area contributed by atoms with Crippen molar-refractivity contribution in [2.75, 3.05) is 32.9 Å². The highest BCUT2D eigenvalue weighted by atomic mass is 16.5. The molecule has 0 saturated carbocycles. The molecule has 0 radical (unpaired) electrons. The summed E-state index contributed by atoms with van der Waals surface area (Å²) in [5.41, 5.74) is 0.640. The first-order valence-corrected chi connectivity index (χ1v) is 7.14. The van der Waals surface area contributed by atoms with E-state index in [9.17, 15) is 5.26 Å². The van der Waals surface area contributed by atoms with Gasteiger partial charge >= 0.3 is 0 Å². The lowest BCUT2D eigenvalue weighted by Crippen LogP contribution is -2.52. The van der Waals surface area contributed by atoms with Crippen molar-refractivity contribution in [3.8, 4) is 11.8 Å². The van der Waals surface area contributed by atoms with E-state index in [0.717, 1.165) is 24.4 Å². The molecule has 20 heavy (non-hydrogen) atoms. The van der Waals surface area contributed by atoms with Crippen LogP contribution in [0.3, 0.4) is 0 Å². The molecule has 2 rings (SSSR count). The van der Waals surface area contributed by atoms with Crippen molar-refractivity contribution in [3.63, 3.8) is 0 Å². The minimum Gasteiger partial charge on any atom is -0.494 e. The third-order valence-electron chi connectivity index (χ3n) is 3.71. The second kappa shape index (κ2) is 6.74. The Morgan fingerprint density at radius 1 is 1.40 bits per heavy atom. The molecule has 1 saturated heterocycles. The predicted octanol–water partition coefficient (Wildman–Crippen LogP) is 2.24. The first kappa shape index (κ1) is 14.8. The van der Waals surface area contributed by atoms with E-state index in [4.69, 9.17) is 9.47 Å². The first-order chi connectivity index (χ1) is 9.68. The largest absolute Gasteiger partial charge is 0.494 e. The molecule has 1 atom stereocenters. The summed E-state index contributed by atoms with van der Waals surface area (Å²) in [4.78, 5) is 2.21. The Balaban J connectivity index is 2.12. The van der Waals surface area contributed by atoms with Crippen LogP contribution in [0.2, 0.25) is 0 Å². The van der Waals surface area contributed by atoms with E-state index < -0.39 is 5.54 Å². The third kappa shape index (κ3) is 3.50. The van der Waals surface area contributed by atoms with Crippen molar-refractivity contribution >= 4 is 0 Å². The van der Waals surface area contributed by atoms with E-state index in [1.54, 1.807) is 0 Å². The molecule has 0 aromatic heterocycles. The molecule has 4 heteroatoms. The van der Waals surface area contributed by atoms with Crippen LogP contribution < -0.4 is 4.74 Å². The molecule has 1 aliphatic heterocycles. The standard InChI is InChI=1S/C16H22N2O2/c1-3-20-15-6-4-5-14(11-15)12-16(2,13-17)18-7-9-19-10-8-18/h4-6,11H,3,7-10,12H2,1-2H3. The lowest BCUT2D eigenvalue weighted by atomic mass is 9.92. The molecular formula is C16H22N2O2. The molecule has 1 unspecified atom stereocenters. The average molecular weight is 274 g/mol. The van der Waals surface area contributed by atoms with E-state index in [1.807, 2.05) is 32.0 Å². The van der Waals surface area contributed by atoms with Crippen molar-refractivity contribution < 1.29 is 9.47 Å². The number of morpholine rings is 1. The van der Waals surface area contributed by atoms with Crippen LogP contribution in [0.5, 0.6) is 5.75 Å². The van der Waals surface area contributed by atoms with Crippen molar-refractivity contribution in [3.05, 3.63) is 29.8 Å². The second-order valence-corrected chi connectivity index (χ2v) is 5.24. The number of nitrogens with zero attached hydrogens (tertiary/aromatic N) is 2. The number of ether oxygens (including phenoxy) is 2. The maximum Gasteiger partial charge on any atom is 0.119 e. The quantitative estimate of drug-likeness (QED) is 0.826. The van der Waals surface area contributed by atoms with Gasteiger partial charge in [0, 0.05) is 19.5 Å². The van der Waals surface area contributed by atoms with Gasteiger partial charge in [0.1, 0.15) is 11.3 Å². The fourth-order valence-corrected chi connectivity index (χ4v) is 2.59. The van der Waals surface area contributed by atoms with Gasteiger partial charge in [-0.15, -0.1) is 0 Å². The Morgan fingerprint density at radius 2 is 2.15 bits per heavy atom. The fraction of sp³-hybridized carbons (Fsp3) is 0.562. The molecule has 4 nitrogen and oxygen atoms in total. The minimum atomic E-state index is -0.491. The summed E-state index contributed by atoms with van der Waals surface area (Å²) in [6.07, 6.45) is 0.699. The van der Waals surface area contributed by atoms with Crippen LogP contribution in [0.1, 0.15) is 19.4 Å². The molecule has 0 spiro atoms. The van der Waals surface area contributed by atoms with Crippen molar-refractivity contribution in [1.29, 1.82) is 5.26 Å². The Morgan fingerprint density at radius 3 is 2.80 bits per heavy atom. The number of rotatable bonds is 5. The molecule has 0 N–H and O–H groups in total. The Kier molecular flexibility index (Phi) is 4.99. The summed E-state index contributed by atoms with van der Waals surface area (Å²) in [6, 6.07) is 10.5. The average Bonchev–Trinajstić information content (AvgIpc) is 2.49. The van der Waals surface area contributed by atoms with Gasteiger partial charge in [0.05, 0.1) is 25.9 Å². The third-order valence-corrected chi connectivity index (χ3v) is 3.71. The van der Waals surface area contributed by atoms with Crippen LogP contribution in [0.15, 0.2) is 24.3 Å². The van der Waals surface area contributed by atoms with Gasteiger partial charge in [-0.3, -0.25) is 4.90 Å². The van der Waals surface area contributed by atoms with Gasteiger partial charge in [0.25, 0.3) is 0 Å². The molecule has 0 amide bonds. The van der Waals surface area contributed by atoms with Gasteiger partial charge in [-0.2, -0.15) is 5.26 Å². The van der Waals surface area contributed by atoms with Crippen molar-refractivity contribution in [2.24, 2.45) is 0 Å². The van der Waals surface area contributed by atoms with Crippen LogP contribution in [0.4, 0.5) is 0 Å². The number of hydrogen-bond donors (Lipinski definition) is 0. The zero-order valence-electron chi connectivity index (χ0n) is 12.3. The van der Waals surface area contributed by atoms with E-state index in [2.05, 4.69) is 17.0 Å². The van der Waals surface area contributed by atoms with E-state index in [1.165, 1.54) is 0 Å². The predicted molar refractivity (Wildman–Crippen MR) is 77.7 cm³/mol. The zero-order valence-corrected chi connectivity index (χ0v) is 12.3. The zero-order chi connectivity index (χ0) is 14.4. The highest BCUT2D eigenvalue weighted by molar-refractivity contribution is 5.31. The van der Waals surface area contributed by atoms with Crippen molar-refractivity contribution in [2.45, 2.75) is 25.8 Å². The lowest BCUT2D eigenvalue weighted by molar-refractivity contribution is 0.00188. The first-order valence-electron chi connectivity index (χ1n) is 7.14. The molecule has 1 aromatic carbocycles. The molecule has 108 valence electrons. The van der Waals surface area contributed by atoms with Crippen molar-refractivity contribution in [1.82, 2.24) is 4.90 Å². The van der Waals surface area contributed by atoms with Crippen LogP contribution >= 0.6 is 0 Å². The van der Waals surface area contributed by atoms with Gasteiger partial charge < -0.3 is 9.47 Å². The SMILES string of the molecule is CCOc1cccc(CC(C)(C#N)N2CCOCC2)c1. The monoisotopic (exact) mass is 274 g/mol. The molecule has 1 aromatic rings. The second-order valence-electron chi connectivity index (χ2n) is 5.24. The van der Waals surface area contributed by atoms with Gasteiger partial charge in [0.15, 0.2) is 0 Å². The fourth-order valence-electron chi connectivity index (χ4n) is 2.59. The van der Waals surface area contributed by atoms with Crippen LogP contribution in [0.25, 0.3) is 0 Å². The lowest BCUT2D eigenvalue weighted by Gasteiger charge is -2.38. The van der Waals surface area contributed by atoms with Crippen LogP contribution in [-0.4, -0.2) is 43.3 Å². The van der Waals surface area contributed by atoms with Crippen LogP contribution in [-0.2, 0) is 11.2 Å². The summed E-state index contributed by atoms with van der Waals surface area (Å²) in [6.45, 7) is 7.67. The number of nitriles is 1. The summed E-state index contributed by atoms with van der Waals surface area (Å²) in [7, 11) is 0.